The van der Waals surface area contributed by atoms with Gasteiger partial charge in [0.1, 0.15) is 0 Å². The van der Waals surface area contributed by atoms with Gasteiger partial charge in [-0.05, 0) is 24.3 Å². The minimum absolute atomic E-state index is 0.0844. The molecule has 0 spiro atoms. The summed E-state index contributed by atoms with van der Waals surface area (Å²) in [4.78, 5) is 2.72. The van der Waals surface area contributed by atoms with E-state index in [2.05, 4.69) is 10.0 Å². The van der Waals surface area contributed by atoms with Crippen LogP contribution in [0.15, 0.2) is 5.11 Å². The maximum Gasteiger partial charge on any atom is 0.0412 e. The molecule has 1 unspecified atom stereocenters. The van der Waals surface area contributed by atoms with Gasteiger partial charge in [0.2, 0.25) is 0 Å². The van der Waals surface area contributed by atoms with Gasteiger partial charge in [-0.3, -0.25) is 0 Å². The Labute approximate surface area is 72.8 Å². The number of hydrogen-bond acceptors (Lipinski definition) is 2. The lowest BCUT2D eigenvalue weighted by atomic mass is 9.84. The Balaban J connectivity index is 2.28. The summed E-state index contributed by atoms with van der Waals surface area (Å²) >= 11 is 0. The SMILES string of the molecule is [N-]=[N+]=NCC(N)C1CCCCC1. The van der Waals surface area contributed by atoms with E-state index in [9.17, 15) is 0 Å². The molecule has 0 bridgehead atoms. The first-order valence-corrected chi connectivity index (χ1v) is 4.61. The van der Waals surface area contributed by atoms with Gasteiger partial charge in [-0.2, -0.15) is 0 Å². The largest absolute Gasteiger partial charge is 0.327 e. The summed E-state index contributed by atoms with van der Waals surface area (Å²) in [5, 5.41) is 3.50. The Morgan fingerprint density at radius 1 is 1.42 bits per heavy atom. The third-order valence-electron chi connectivity index (χ3n) is 2.61. The highest BCUT2D eigenvalue weighted by Gasteiger charge is 2.19. The quantitative estimate of drug-likeness (QED) is 0.391. The summed E-state index contributed by atoms with van der Waals surface area (Å²) in [6.45, 7) is 0.459. The van der Waals surface area contributed by atoms with Gasteiger partial charge in [0.25, 0.3) is 0 Å². The van der Waals surface area contributed by atoms with Gasteiger partial charge in [0.15, 0.2) is 0 Å². The third-order valence-corrected chi connectivity index (χ3v) is 2.61. The molecule has 0 aromatic heterocycles. The summed E-state index contributed by atoms with van der Waals surface area (Å²) in [6, 6.07) is 0.0844. The molecule has 0 amide bonds. The molecule has 1 rings (SSSR count). The fourth-order valence-corrected chi connectivity index (χ4v) is 1.84. The van der Waals surface area contributed by atoms with Gasteiger partial charge in [0.05, 0.1) is 0 Å². The van der Waals surface area contributed by atoms with Crippen LogP contribution in [0.2, 0.25) is 0 Å². The third kappa shape index (κ3) is 2.72. The second-order valence-electron chi connectivity index (χ2n) is 3.48. The first kappa shape index (κ1) is 9.36. The van der Waals surface area contributed by atoms with Crippen LogP contribution in [0.3, 0.4) is 0 Å². The van der Waals surface area contributed by atoms with Crippen molar-refractivity contribution in [1.29, 1.82) is 0 Å². The molecule has 1 saturated carbocycles. The highest BCUT2D eigenvalue weighted by atomic mass is 15.1. The average molecular weight is 168 g/mol. The monoisotopic (exact) mass is 168 g/mol. The Kier molecular flexibility index (Phi) is 3.91. The molecule has 0 heterocycles. The van der Waals surface area contributed by atoms with E-state index in [-0.39, 0.29) is 6.04 Å². The summed E-state index contributed by atoms with van der Waals surface area (Å²) in [5.74, 6) is 0.587. The van der Waals surface area contributed by atoms with Gasteiger partial charge in [-0.25, -0.2) is 0 Å². The molecule has 12 heavy (non-hydrogen) atoms. The summed E-state index contributed by atoms with van der Waals surface area (Å²) < 4.78 is 0. The Bertz CT molecular complexity index is 168. The minimum atomic E-state index is 0.0844. The lowest BCUT2D eigenvalue weighted by molar-refractivity contribution is 0.308. The van der Waals surface area contributed by atoms with Gasteiger partial charge in [-0.15, -0.1) is 0 Å². The molecule has 2 N–H and O–H groups in total. The maximum atomic E-state index is 8.12. The molecule has 0 aromatic rings. The van der Waals surface area contributed by atoms with Crippen LogP contribution in [0.4, 0.5) is 0 Å². The van der Waals surface area contributed by atoms with Gasteiger partial charge >= 0.3 is 0 Å². The first-order chi connectivity index (χ1) is 5.84. The smallest absolute Gasteiger partial charge is 0.0412 e. The zero-order valence-electron chi connectivity index (χ0n) is 7.32. The molecule has 4 heteroatoms. The molecule has 0 saturated heterocycles. The van der Waals surface area contributed by atoms with Crippen LogP contribution in [-0.2, 0) is 0 Å². The van der Waals surface area contributed by atoms with E-state index in [1.165, 1.54) is 32.1 Å². The van der Waals surface area contributed by atoms with Crippen molar-refractivity contribution < 1.29 is 0 Å². The number of nitrogens with zero attached hydrogens (tertiary/aromatic N) is 3. The van der Waals surface area contributed by atoms with Crippen LogP contribution in [0.25, 0.3) is 10.4 Å². The van der Waals surface area contributed by atoms with Crippen molar-refractivity contribution in [2.75, 3.05) is 6.54 Å². The van der Waals surface area contributed by atoms with Crippen molar-refractivity contribution in [3.05, 3.63) is 10.4 Å². The summed E-state index contributed by atoms with van der Waals surface area (Å²) in [7, 11) is 0. The fourth-order valence-electron chi connectivity index (χ4n) is 1.84. The van der Waals surface area contributed by atoms with E-state index >= 15 is 0 Å². The highest BCUT2D eigenvalue weighted by molar-refractivity contribution is 4.78. The van der Waals surface area contributed by atoms with E-state index in [0.717, 1.165) is 0 Å². The van der Waals surface area contributed by atoms with Crippen molar-refractivity contribution in [3.63, 3.8) is 0 Å². The predicted molar refractivity (Wildman–Crippen MR) is 48.6 cm³/mol. The highest BCUT2D eigenvalue weighted by Crippen LogP contribution is 2.25. The molecule has 1 aliphatic carbocycles. The first-order valence-electron chi connectivity index (χ1n) is 4.61. The van der Waals surface area contributed by atoms with Crippen LogP contribution in [0.5, 0.6) is 0 Å². The number of hydrogen-bond donors (Lipinski definition) is 1. The second kappa shape index (κ2) is 5.01. The minimum Gasteiger partial charge on any atom is -0.327 e. The lowest BCUT2D eigenvalue weighted by Gasteiger charge is -2.26. The van der Waals surface area contributed by atoms with Gasteiger partial charge in [0, 0.05) is 17.5 Å². The van der Waals surface area contributed by atoms with E-state index in [4.69, 9.17) is 11.3 Å². The van der Waals surface area contributed by atoms with Crippen LogP contribution in [0, 0.1) is 5.92 Å². The normalized spacial score (nSPS) is 21.4. The molecular weight excluding hydrogens is 152 g/mol. The Morgan fingerprint density at radius 3 is 2.67 bits per heavy atom. The molecule has 4 nitrogen and oxygen atoms in total. The topological polar surface area (TPSA) is 74.8 Å². The van der Waals surface area contributed by atoms with Crippen molar-refractivity contribution >= 4 is 0 Å². The zero-order valence-corrected chi connectivity index (χ0v) is 7.32. The summed E-state index contributed by atoms with van der Waals surface area (Å²) in [6.07, 6.45) is 6.33. The van der Waals surface area contributed by atoms with E-state index < -0.39 is 0 Å². The Morgan fingerprint density at radius 2 is 2.08 bits per heavy atom. The van der Waals surface area contributed by atoms with Crippen LogP contribution in [0.1, 0.15) is 32.1 Å². The van der Waals surface area contributed by atoms with E-state index in [1.54, 1.807) is 0 Å². The van der Waals surface area contributed by atoms with Crippen LogP contribution in [-0.4, -0.2) is 12.6 Å². The molecule has 68 valence electrons. The molecule has 0 radical (unpaired) electrons. The molecule has 1 aliphatic rings. The molecule has 0 aromatic carbocycles. The molecule has 1 atom stereocenters. The maximum absolute atomic E-state index is 8.12. The standard InChI is InChI=1S/C8H16N4/c9-8(6-11-12-10)7-4-2-1-3-5-7/h7-8H,1-6,9H2. The van der Waals surface area contributed by atoms with Crippen molar-refractivity contribution in [2.45, 2.75) is 38.1 Å². The zero-order chi connectivity index (χ0) is 8.81. The molecule has 1 fully saturated rings. The lowest BCUT2D eigenvalue weighted by Crippen LogP contribution is -2.34. The number of rotatable bonds is 3. The van der Waals surface area contributed by atoms with Crippen molar-refractivity contribution in [3.8, 4) is 0 Å². The van der Waals surface area contributed by atoms with Crippen LogP contribution < -0.4 is 5.73 Å². The Hall–Kier alpha value is -0.730. The van der Waals surface area contributed by atoms with Crippen LogP contribution >= 0.6 is 0 Å². The number of azide groups is 1. The van der Waals surface area contributed by atoms with Gasteiger partial charge in [-0.1, -0.05) is 24.4 Å². The summed E-state index contributed by atoms with van der Waals surface area (Å²) in [5.41, 5.74) is 14.0. The van der Waals surface area contributed by atoms with Crippen molar-refractivity contribution in [2.24, 2.45) is 16.8 Å². The number of nitrogens with two attached hydrogens (primary N) is 1. The average Bonchev–Trinajstić information content (AvgIpc) is 2.15. The molecule has 0 aliphatic heterocycles. The van der Waals surface area contributed by atoms with Crippen molar-refractivity contribution in [1.82, 2.24) is 0 Å². The molecular formula is C8H16N4. The van der Waals surface area contributed by atoms with E-state index in [0.29, 0.717) is 12.5 Å². The predicted octanol–water partition coefficient (Wildman–Crippen LogP) is 2.20. The fraction of sp³-hybridized carbons (Fsp3) is 1.00. The second-order valence-corrected chi connectivity index (χ2v) is 3.48. The van der Waals surface area contributed by atoms with Gasteiger partial charge < -0.3 is 5.73 Å². The van der Waals surface area contributed by atoms with E-state index in [1.807, 2.05) is 0 Å².